The Morgan fingerprint density at radius 1 is 1.44 bits per heavy atom. The van der Waals surface area contributed by atoms with E-state index >= 15 is 0 Å². The summed E-state index contributed by atoms with van der Waals surface area (Å²) in [6, 6.07) is 3.60. The second-order valence-electron chi connectivity index (χ2n) is 3.41. The highest BCUT2D eigenvalue weighted by Crippen LogP contribution is 2.22. The van der Waals surface area contributed by atoms with Crippen LogP contribution in [0.15, 0.2) is 18.3 Å². The van der Waals surface area contributed by atoms with Gasteiger partial charge in [-0.3, -0.25) is 5.10 Å². The van der Waals surface area contributed by atoms with E-state index in [9.17, 15) is 0 Å². The monoisotopic (exact) mass is 215 g/mol. The number of aryl methyl sites for hydroxylation is 1. The van der Waals surface area contributed by atoms with Crippen LogP contribution in [0, 0.1) is 6.92 Å². The van der Waals surface area contributed by atoms with E-state index in [0.717, 1.165) is 11.1 Å². The van der Waals surface area contributed by atoms with Gasteiger partial charge in [0.2, 0.25) is 0 Å². The molecule has 3 aromatic heterocycles. The largest absolute Gasteiger partial charge is 0.383 e. The Morgan fingerprint density at radius 3 is 3.06 bits per heavy atom. The summed E-state index contributed by atoms with van der Waals surface area (Å²) in [4.78, 5) is 0. The molecule has 0 amide bonds. The van der Waals surface area contributed by atoms with E-state index < -0.39 is 0 Å². The molecule has 0 aliphatic rings. The van der Waals surface area contributed by atoms with Crippen molar-refractivity contribution >= 4 is 16.9 Å². The summed E-state index contributed by atoms with van der Waals surface area (Å²) in [5.41, 5.74) is 7.24. The lowest BCUT2D eigenvalue weighted by Crippen LogP contribution is -2.01. The average Bonchev–Trinajstić information content (AvgIpc) is 2.83. The number of aromatic amines is 1. The molecular formula is C9H9N7. The number of hydrogen-bond acceptors (Lipinski definition) is 5. The van der Waals surface area contributed by atoms with E-state index in [2.05, 4.69) is 25.5 Å². The third kappa shape index (κ3) is 1.08. The predicted octanol–water partition coefficient (Wildman–Crippen LogP) is 0.429. The average molecular weight is 215 g/mol. The van der Waals surface area contributed by atoms with Crippen molar-refractivity contribution in [1.29, 1.82) is 0 Å². The zero-order chi connectivity index (χ0) is 11.1. The minimum atomic E-state index is 0.516. The molecule has 7 heteroatoms. The Bertz CT molecular complexity index is 636. The van der Waals surface area contributed by atoms with Crippen LogP contribution in [0.1, 0.15) is 5.69 Å². The first-order chi connectivity index (χ1) is 7.77. The molecule has 0 aromatic carbocycles. The highest BCUT2D eigenvalue weighted by Gasteiger charge is 2.15. The fraction of sp³-hybridized carbons (Fsp3) is 0.111. The number of nitrogens with one attached hydrogen (secondary N) is 1. The number of nitrogen functional groups attached to an aromatic ring is 1. The Balaban J connectivity index is 2.33. The number of hydrogen-bond donors (Lipinski definition) is 2. The normalized spacial score (nSPS) is 11.1. The number of H-pyrrole nitrogens is 1. The lowest BCUT2D eigenvalue weighted by molar-refractivity contribution is 0.810. The van der Waals surface area contributed by atoms with Gasteiger partial charge in [-0.05, 0) is 19.1 Å². The number of aromatic nitrogens is 6. The molecule has 0 radical (unpaired) electrons. The van der Waals surface area contributed by atoms with Crippen LogP contribution < -0.4 is 5.73 Å². The van der Waals surface area contributed by atoms with Gasteiger partial charge >= 0.3 is 0 Å². The maximum Gasteiger partial charge on any atom is 0.188 e. The molecule has 0 aliphatic heterocycles. The molecule has 0 aliphatic carbocycles. The maximum absolute atomic E-state index is 5.76. The summed E-state index contributed by atoms with van der Waals surface area (Å²) in [5.74, 6) is 1.13. The van der Waals surface area contributed by atoms with Gasteiger partial charge in [-0.25, -0.2) is 0 Å². The van der Waals surface area contributed by atoms with Crippen LogP contribution in [-0.2, 0) is 0 Å². The highest BCUT2D eigenvalue weighted by molar-refractivity contribution is 5.89. The van der Waals surface area contributed by atoms with Gasteiger partial charge in [-0.1, -0.05) is 0 Å². The van der Waals surface area contributed by atoms with Gasteiger partial charge in [-0.2, -0.15) is 20.0 Å². The second kappa shape index (κ2) is 3.02. The Morgan fingerprint density at radius 2 is 2.31 bits per heavy atom. The highest BCUT2D eigenvalue weighted by atomic mass is 15.4. The van der Waals surface area contributed by atoms with Crippen molar-refractivity contribution in [3.63, 3.8) is 0 Å². The first kappa shape index (κ1) is 8.84. The van der Waals surface area contributed by atoms with Crippen molar-refractivity contribution in [2.75, 3.05) is 5.73 Å². The molecule has 3 heterocycles. The molecule has 0 saturated heterocycles. The van der Waals surface area contributed by atoms with E-state index in [1.54, 1.807) is 16.9 Å². The summed E-state index contributed by atoms with van der Waals surface area (Å²) in [6.45, 7) is 1.88. The summed E-state index contributed by atoms with van der Waals surface area (Å²) in [7, 11) is 0. The number of nitrogens with zero attached hydrogens (tertiary/aromatic N) is 5. The second-order valence-corrected chi connectivity index (χ2v) is 3.41. The van der Waals surface area contributed by atoms with Crippen LogP contribution in [0.3, 0.4) is 0 Å². The zero-order valence-electron chi connectivity index (χ0n) is 8.55. The number of rotatable bonds is 1. The summed E-state index contributed by atoms with van der Waals surface area (Å²) < 4.78 is 1.62. The molecule has 0 bridgehead atoms. The molecule has 0 atom stereocenters. The van der Waals surface area contributed by atoms with Crippen LogP contribution in [0.5, 0.6) is 0 Å². The van der Waals surface area contributed by atoms with Crippen molar-refractivity contribution in [3.8, 4) is 5.82 Å². The molecule has 0 fully saturated rings. The van der Waals surface area contributed by atoms with Gasteiger partial charge in [-0.15, -0.1) is 5.10 Å². The standard InChI is InChI=1S/C9H9N7/c1-5-7-8(10)13-14-9(7)16(15-5)6-3-2-4-11-12-6/h2-4H,1H3,(H3,10,13,14). The first-order valence-electron chi connectivity index (χ1n) is 4.74. The quantitative estimate of drug-likeness (QED) is 0.613. The van der Waals surface area contributed by atoms with E-state index in [-0.39, 0.29) is 0 Å². The van der Waals surface area contributed by atoms with Crippen molar-refractivity contribution < 1.29 is 0 Å². The van der Waals surface area contributed by atoms with Crippen LogP contribution in [0.4, 0.5) is 5.82 Å². The molecule has 7 nitrogen and oxygen atoms in total. The van der Waals surface area contributed by atoms with E-state index in [1.165, 1.54) is 0 Å². The third-order valence-corrected chi connectivity index (χ3v) is 2.36. The lowest BCUT2D eigenvalue weighted by atomic mass is 10.3. The number of fused-ring (bicyclic) bond motifs is 1. The SMILES string of the molecule is Cc1nn(-c2cccnn2)c2n[nH]c(N)c12. The topological polar surface area (TPSA) is 98.3 Å². The number of anilines is 1. The molecule has 3 N–H and O–H groups in total. The van der Waals surface area contributed by atoms with Gasteiger partial charge in [0, 0.05) is 6.20 Å². The van der Waals surface area contributed by atoms with E-state index in [4.69, 9.17) is 5.73 Å². The van der Waals surface area contributed by atoms with Crippen molar-refractivity contribution in [3.05, 3.63) is 24.0 Å². The molecule has 0 unspecified atom stereocenters. The van der Waals surface area contributed by atoms with Crippen molar-refractivity contribution in [2.24, 2.45) is 0 Å². The smallest absolute Gasteiger partial charge is 0.188 e. The molecule has 16 heavy (non-hydrogen) atoms. The Kier molecular flexibility index (Phi) is 1.67. The third-order valence-electron chi connectivity index (χ3n) is 2.36. The van der Waals surface area contributed by atoms with Gasteiger partial charge in [0.15, 0.2) is 11.5 Å². The van der Waals surface area contributed by atoms with Gasteiger partial charge < -0.3 is 5.73 Å². The summed E-state index contributed by atoms with van der Waals surface area (Å²) in [5, 5.41) is 19.8. The molecule has 80 valence electrons. The van der Waals surface area contributed by atoms with Crippen molar-refractivity contribution in [2.45, 2.75) is 6.92 Å². The Hall–Kier alpha value is -2.44. The minimum Gasteiger partial charge on any atom is -0.383 e. The predicted molar refractivity (Wildman–Crippen MR) is 58.0 cm³/mol. The lowest BCUT2D eigenvalue weighted by Gasteiger charge is -1.97. The van der Waals surface area contributed by atoms with Gasteiger partial charge in [0.1, 0.15) is 5.82 Å². The van der Waals surface area contributed by atoms with Gasteiger partial charge in [0.05, 0.1) is 11.1 Å². The molecule has 3 rings (SSSR count). The van der Waals surface area contributed by atoms with Crippen LogP contribution in [0.25, 0.3) is 16.9 Å². The Labute approximate surface area is 90.3 Å². The number of nitrogens with two attached hydrogens (primary N) is 1. The summed E-state index contributed by atoms with van der Waals surface area (Å²) in [6.07, 6.45) is 1.61. The van der Waals surface area contributed by atoms with Crippen molar-refractivity contribution in [1.82, 2.24) is 30.2 Å². The molecule has 3 aromatic rings. The summed E-state index contributed by atoms with van der Waals surface area (Å²) >= 11 is 0. The molecular weight excluding hydrogens is 206 g/mol. The van der Waals surface area contributed by atoms with E-state index in [0.29, 0.717) is 17.3 Å². The zero-order valence-corrected chi connectivity index (χ0v) is 8.55. The maximum atomic E-state index is 5.76. The fourth-order valence-electron chi connectivity index (χ4n) is 1.67. The molecule has 0 saturated carbocycles. The van der Waals surface area contributed by atoms with Crippen LogP contribution in [-0.4, -0.2) is 30.2 Å². The van der Waals surface area contributed by atoms with Crippen LogP contribution >= 0.6 is 0 Å². The van der Waals surface area contributed by atoms with E-state index in [1.807, 2.05) is 13.0 Å². The first-order valence-corrected chi connectivity index (χ1v) is 4.74. The minimum absolute atomic E-state index is 0.516. The van der Waals surface area contributed by atoms with Gasteiger partial charge in [0.25, 0.3) is 0 Å². The molecule has 0 spiro atoms. The fourth-order valence-corrected chi connectivity index (χ4v) is 1.67. The van der Waals surface area contributed by atoms with Crippen LogP contribution in [0.2, 0.25) is 0 Å².